The van der Waals surface area contributed by atoms with Crippen molar-refractivity contribution in [1.82, 2.24) is 9.21 Å². The third-order valence-corrected chi connectivity index (χ3v) is 5.85. The number of carbonyl (C=O) groups excluding carboxylic acids is 1. The van der Waals surface area contributed by atoms with Crippen molar-refractivity contribution in [3.05, 3.63) is 23.8 Å². The number of sulfonamides is 1. The molecule has 1 aromatic carbocycles. The molecule has 1 amide bonds. The van der Waals surface area contributed by atoms with E-state index in [4.69, 9.17) is 9.84 Å². The molecule has 9 heteroatoms. The Balaban J connectivity index is 2.37. The van der Waals surface area contributed by atoms with Gasteiger partial charge in [0.05, 0.1) is 12.7 Å². The maximum Gasteiger partial charge on any atom is 0.335 e. The van der Waals surface area contributed by atoms with Gasteiger partial charge in [0.25, 0.3) is 0 Å². The second-order valence-electron chi connectivity index (χ2n) is 5.43. The number of hydrogen-bond acceptors (Lipinski definition) is 5. The predicted octanol–water partition coefficient (Wildman–Crippen LogP) is 0.636. The Morgan fingerprint density at radius 1 is 1.17 bits per heavy atom. The number of amides is 1. The highest BCUT2D eigenvalue weighted by Gasteiger charge is 2.30. The van der Waals surface area contributed by atoms with Crippen LogP contribution in [0.2, 0.25) is 0 Å². The van der Waals surface area contributed by atoms with Crippen LogP contribution in [-0.2, 0) is 14.8 Å². The summed E-state index contributed by atoms with van der Waals surface area (Å²) in [5.41, 5.74) is -0.130. The Hall–Kier alpha value is -2.13. The largest absolute Gasteiger partial charge is 0.495 e. The van der Waals surface area contributed by atoms with Crippen molar-refractivity contribution in [1.29, 1.82) is 0 Å². The lowest BCUT2D eigenvalue weighted by Gasteiger charge is -2.22. The number of rotatable bonds is 4. The molecule has 0 aromatic heterocycles. The fourth-order valence-corrected chi connectivity index (χ4v) is 4.25. The molecule has 0 spiro atoms. The topological polar surface area (TPSA) is 104 Å². The van der Waals surface area contributed by atoms with Gasteiger partial charge in [-0.15, -0.1) is 0 Å². The van der Waals surface area contributed by atoms with Crippen LogP contribution in [0.3, 0.4) is 0 Å². The molecule has 2 rings (SSSR count). The molecule has 0 saturated carbocycles. The van der Waals surface area contributed by atoms with Crippen LogP contribution in [0.1, 0.15) is 23.7 Å². The summed E-state index contributed by atoms with van der Waals surface area (Å²) >= 11 is 0. The molecular formula is C15H20N2O6S. The van der Waals surface area contributed by atoms with E-state index >= 15 is 0 Å². The van der Waals surface area contributed by atoms with Gasteiger partial charge >= 0.3 is 5.97 Å². The number of carboxylic acids is 1. The third kappa shape index (κ3) is 3.68. The van der Waals surface area contributed by atoms with E-state index in [-0.39, 0.29) is 35.2 Å². The van der Waals surface area contributed by atoms with Crippen molar-refractivity contribution in [3.63, 3.8) is 0 Å². The number of aromatic carboxylic acids is 1. The monoisotopic (exact) mass is 356 g/mol. The molecule has 0 atom stereocenters. The highest BCUT2D eigenvalue weighted by atomic mass is 32.2. The average molecular weight is 356 g/mol. The van der Waals surface area contributed by atoms with Gasteiger partial charge in [0.1, 0.15) is 10.6 Å². The van der Waals surface area contributed by atoms with Gasteiger partial charge in [0, 0.05) is 33.1 Å². The number of nitrogens with zero attached hydrogens (tertiary/aromatic N) is 2. The first-order chi connectivity index (χ1) is 11.3. The molecular weight excluding hydrogens is 336 g/mol. The van der Waals surface area contributed by atoms with E-state index in [1.54, 1.807) is 4.90 Å². The van der Waals surface area contributed by atoms with Crippen LogP contribution in [0, 0.1) is 0 Å². The number of benzene rings is 1. The Morgan fingerprint density at radius 2 is 1.88 bits per heavy atom. The maximum absolute atomic E-state index is 12.9. The van der Waals surface area contributed by atoms with E-state index in [9.17, 15) is 18.0 Å². The lowest BCUT2D eigenvalue weighted by atomic mass is 10.2. The van der Waals surface area contributed by atoms with E-state index in [0.29, 0.717) is 19.5 Å². The molecule has 0 aliphatic carbocycles. The summed E-state index contributed by atoms with van der Waals surface area (Å²) in [5.74, 6) is -1.22. The second kappa shape index (κ2) is 7.18. The molecule has 8 nitrogen and oxygen atoms in total. The van der Waals surface area contributed by atoms with Gasteiger partial charge in [0.2, 0.25) is 15.9 Å². The Kier molecular flexibility index (Phi) is 5.45. The second-order valence-corrected chi connectivity index (χ2v) is 7.34. The van der Waals surface area contributed by atoms with Crippen LogP contribution in [0.25, 0.3) is 0 Å². The zero-order valence-electron chi connectivity index (χ0n) is 13.6. The zero-order valence-corrected chi connectivity index (χ0v) is 14.4. The van der Waals surface area contributed by atoms with Crippen LogP contribution < -0.4 is 4.74 Å². The van der Waals surface area contributed by atoms with Gasteiger partial charge in [0.15, 0.2) is 0 Å². The van der Waals surface area contributed by atoms with Crippen LogP contribution in [0.15, 0.2) is 23.1 Å². The van der Waals surface area contributed by atoms with E-state index in [2.05, 4.69) is 0 Å². The first kappa shape index (κ1) is 18.2. The third-order valence-electron chi connectivity index (χ3n) is 3.93. The van der Waals surface area contributed by atoms with Crippen molar-refractivity contribution >= 4 is 21.9 Å². The minimum Gasteiger partial charge on any atom is -0.495 e. The van der Waals surface area contributed by atoms with Crippen LogP contribution in [0.4, 0.5) is 0 Å². The van der Waals surface area contributed by atoms with Crippen molar-refractivity contribution in [3.8, 4) is 5.75 Å². The van der Waals surface area contributed by atoms with Gasteiger partial charge in [-0.05, 0) is 24.6 Å². The molecule has 0 unspecified atom stereocenters. The number of ether oxygens (including phenoxy) is 1. The standard InChI is InChI=1S/C15H20N2O6S/c1-11(18)16-6-3-7-17(9-8-16)24(21,22)14-10-12(15(19)20)4-5-13(14)23-2/h4-5,10H,3,6-9H2,1-2H3,(H,19,20). The quantitative estimate of drug-likeness (QED) is 0.849. The summed E-state index contributed by atoms with van der Waals surface area (Å²) in [6, 6.07) is 3.72. The number of carboxylic acid groups (broad SMARTS) is 1. The van der Waals surface area contributed by atoms with Gasteiger partial charge in [-0.1, -0.05) is 0 Å². The van der Waals surface area contributed by atoms with E-state index in [1.807, 2.05) is 0 Å². The molecule has 1 aliphatic heterocycles. The smallest absolute Gasteiger partial charge is 0.335 e. The molecule has 0 bridgehead atoms. The molecule has 1 saturated heterocycles. The fraction of sp³-hybridized carbons (Fsp3) is 0.467. The highest BCUT2D eigenvalue weighted by Crippen LogP contribution is 2.28. The van der Waals surface area contributed by atoms with Gasteiger partial charge in [-0.3, -0.25) is 4.79 Å². The Morgan fingerprint density at radius 3 is 2.46 bits per heavy atom. The Bertz CT molecular complexity index is 746. The number of carbonyl (C=O) groups is 2. The molecule has 1 heterocycles. The molecule has 0 radical (unpaired) electrons. The van der Waals surface area contributed by atoms with E-state index < -0.39 is 16.0 Å². The predicted molar refractivity (Wildman–Crippen MR) is 85.6 cm³/mol. The summed E-state index contributed by atoms with van der Waals surface area (Å²) in [6.07, 6.45) is 0.514. The lowest BCUT2D eigenvalue weighted by molar-refractivity contribution is -0.128. The summed E-state index contributed by atoms with van der Waals surface area (Å²) in [5, 5.41) is 9.10. The first-order valence-corrected chi connectivity index (χ1v) is 8.88. The normalized spacial score (nSPS) is 16.5. The summed E-state index contributed by atoms with van der Waals surface area (Å²) < 4.78 is 32.2. The van der Waals surface area contributed by atoms with Crippen molar-refractivity contribution in [2.75, 3.05) is 33.3 Å². The summed E-state index contributed by atoms with van der Waals surface area (Å²) in [7, 11) is -2.60. The fourth-order valence-electron chi connectivity index (χ4n) is 2.60. The van der Waals surface area contributed by atoms with E-state index in [0.717, 1.165) is 6.07 Å². The molecule has 1 aliphatic rings. The number of methoxy groups -OCH3 is 1. The summed E-state index contributed by atoms with van der Waals surface area (Å²) in [6.45, 7) is 2.65. The molecule has 24 heavy (non-hydrogen) atoms. The van der Waals surface area contributed by atoms with E-state index in [1.165, 1.54) is 30.5 Å². The molecule has 1 N–H and O–H groups in total. The zero-order chi connectivity index (χ0) is 17.9. The van der Waals surface area contributed by atoms with Crippen molar-refractivity contribution in [2.45, 2.75) is 18.2 Å². The maximum atomic E-state index is 12.9. The van der Waals surface area contributed by atoms with Crippen LogP contribution in [0.5, 0.6) is 5.75 Å². The van der Waals surface area contributed by atoms with Gasteiger partial charge < -0.3 is 14.7 Å². The van der Waals surface area contributed by atoms with Crippen molar-refractivity contribution in [2.24, 2.45) is 0 Å². The SMILES string of the molecule is COc1ccc(C(=O)O)cc1S(=O)(=O)N1CCCN(C(C)=O)CC1. The molecule has 1 fully saturated rings. The van der Waals surface area contributed by atoms with Gasteiger partial charge in [-0.2, -0.15) is 4.31 Å². The van der Waals surface area contributed by atoms with Crippen LogP contribution >= 0.6 is 0 Å². The first-order valence-electron chi connectivity index (χ1n) is 7.44. The number of hydrogen-bond donors (Lipinski definition) is 1. The molecule has 132 valence electrons. The summed E-state index contributed by atoms with van der Waals surface area (Å²) in [4.78, 5) is 24.0. The van der Waals surface area contributed by atoms with Crippen LogP contribution in [-0.4, -0.2) is 67.9 Å². The van der Waals surface area contributed by atoms with Gasteiger partial charge in [-0.25, -0.2) is 13.2 Å². The highest BCUT2D eigenvalue weighted by molar-refractivity contribution is 7.89. The average Bonchev–Trinajstić information content (AvgIpc) is 2.80. The lowest BCUT2D eigenvalue weighted by Crippen LogP contribution is -2.36. The van der Waals surface area contributed by atoms with Crippen molar-refractivity contribution < 1.29 is 27.9 Å². The minimum absolute atomic E-state index is 0.0904. The molecule has 1 aromatic rings. The minimum atomic E-state index is -3.93. The Labute approximate surface area is 140 Å².